The van der Waals surface area contributed by atoms with Crippen LogP contribution in [0.4, 0.5) is 0 Å². The fourth-order valence-electron chi connectivity index (χ4n) is 4.99. The summed E-state index contributed by atoms with van der Waals surface area (Å²) in [5, 5.41) is 4.32. The van der Waals surface area contributed by atoms with Crippen LogP contribution in [0.1, 0.15) is 44.9 Å². The zero-order valence-electron chi connectivity index (χ0n) is 18.1. The van der Waals surface area contributed by atoms with Gasteiger partial charge >= 0.3 is 0 Å². The molecule has 1 nitrogen and oxygen atoms in total. The first-order chi connectivity index (χ1) is 14.8. The van der Waals surface area contributed by atoms with Crippen molar-refractivity contribution in [1.82, 2.24) is 0 Å². The minimum absolute atomic E-state index is 0. The number of ketones is 1. The zero-order chi connectivity index (χ0) is 20.7. The summed E-state index contributed by atoms with van der Waals surface area (Å²) < 4.78 is 0. The smallest absolute Gasteiger partial charge is 0.135 e. The van der Waals surface area contributed by atoms with Gasteiger partial charge in [-0.05, 0) is 62.1 Å². The molecule has 0 N–H and O–H groups in total. The van der Waals surface area contributed by atoms with E-state index in [0.717, 1.165) is 38.3 Å². The second-order valence-corrected chi connectivity index (χ2v) is 12.1. The minimum Gasteiger partial charge on any atom is -1.00 e. The molecule has 1 aliphatic rings. The Hall–Kier alpha value is -1.76. The molecule has 1 atom stereocenters. The van der Waals surface area contributed by atoms with Crippen LogP contribution in [-0.2, 0) is 4.79 Å². The van der Waals surface area contributed by atoms with Crippen molar-refractivity contribution >= 4 is 29.0 Å². The van der Waals surface area contributed by atoms with Crippen molar-refractivity contribution in [2.75, 3.05) is 6.16 Å². The molecule has 1 saturated carbocycles. The van der Waals surface area contributed by atoms with Gasteiger partial charge in [-0.15, -0.1) is 0 Å². The number of hydrogen-bond donors (Lipinski definition) is 0. The lowest BCUT2D eigenvalue weighted by Crippen LogP contribution is -3.00. The van der Waals surface area contributed by atoms with Crippen molar-refractivity contribution in [3.8, 4) is 0 Å². The summed E-state index contributed by atoms with van der Waals surface area (Å²) in [6.45, 7) is 0. The van der Waals surface area contributed by atoms with Crippen LogP contribution in [0.25, 0.3) is 0 Å². The number of carbonyl (C=O) groups excluding carboxylic acids is 1. The van der Waals surface area contributed by atoms with Crippen LogP contribution in [0.3, 0.4) is 0 Å². The maximum atomic E-state index is 12.6. The molecule has 0 amide bonds. The minimum atomic E-state index is -1.76. The van der Waals surface area contributed by atoms with E-state index in [9.17, 15) is 4.79 Å². The monoisotopic (exact) mass is 494 g/mol. The molecule has 1 fully saturated rings. The summed E-state index contributed by atoms with van der Waals surface area (Å²) in [5.41, 5.74) is 0. The number of benzene rings is 3. The Balaban J connectivity index is 0.00000272. The molecule has 0 bridgehead atoms. The predicted octanol–water partition coefficient (Wildman–Crippen LogP) is 2.91. The van der Waals surface area contributed by atoms with Gasteiger partial charge in [0.2, 0.25) is 0 Å². The third-order valence-electron chi connectivity index (χ3n) is 6.57. The van der Waals surface area contributed by atoms with Crippen molar-refractivity contribution in [2.45, 2.75) is 44.9 Å². The maximum absolute atomic E-state index is 12.6. The molecular formula is C28H32BrOP. The lowest BCUT2D eigenvalue weighted by Gasteiger charge is -2.28. The van der Waals surface area contributed by atoms with E-state index in [2.05, 4.69) is 91.0 Å². The first kappa shape index (κ1) is 23.9. The van der Waals surface area contributed by atoms with E-state index in [1.807, 2.05) is 0 Å². The molecule has 1 unspecified atom stereocenters. The van der Waals surface area contributed by atoms with Crippen LogP contribution in [0.5, 0.6) is 0 Å². The largest absolute Gasteiger partial charge is 1.00 e. The zero-order valence-corrected chi connectivity index (χ0v) is 20.6. The van der Waals surface area contributed by atoms with Crippen molar-refractivity contribution in [1.29, 1.82) is 0 Å². The lowest BCUT2D eigenvalue weighted by molar-refractivity contribution is -0.122. The van der Waals surface area contributed by atoms with Crippen LogP contribution in [-0.4, -0.2) is 11.9 Å². The van der Waals surface area contributed by atoms with Crippen molar-refractivity contribution in [3.05, 3.63) is 91.0 Å². The second kappa shape index (κ2) is 11.7. The SMILES string of the molecule is O=C1CCCCCC1CCC[P+](c1ccccc1)(c1ccccc1)c1ccccc1.[Br-]. The molecule has 31 heavy (non-hydrogen) atoms. The van der Waals surface area contributed by atoms with Crippen molar-refractivity contribution in [3.63, 3.8) is 0 Å². The van der Waals surface area contributed by atoms with E-state index in [-0.39, 0.29) is 22.9 Å². The molecule has 3 heteroatoms. The Morgan fingerprint density at radius 1 is 0.677 bits per heavy atom. The van der Waals surface area contributed by atoms with Gasteiger partial charge in [-0.2, -0.15) is 0 Å². The summed E-state index contributed by atoms with van der Waals surface area (Å²) in [6.07, 6.45) is 8.66. The van der Waals surface area contributed by atoms with Gasteiger partial charge in [-0.3, -0.25) is 4.79 Å². The van der Waals surface area contributed by atoms with Gasteiger partial charge in [0, 0.05) is 12.3 Å². The summed E-state index contributed by atoms with van der Waals surface area (Å²) in [7, 11) is -1.76. The molecule has 162 valence electrons. The van der Waals surface area contributed by atoms with Gasteiger partial charge in [0.1, 0.15) is 29.0 Å². The number of Topliss-reactive ketones (excluding diaryl/α,β-unsaturated/α-hetero) is 1. The standard InChI is InChI=1S/C28H32OP.BrH/c29-28-22-12-1-5-14-24(28)15-13-23-30(25-16-6-2-7-17-25,26-18-8-3-9-19-26)27-20-10-4-11-21-27;/h2-4,6-11,16-21,24H,1,5,12-15,22-23H2;1H/q+1;/p-1. The van der Waals surface area contributed by atoms with Crippen LogP contribution in [0.15, 0.2) is 91.0 Å². The molecule has 3 aromatic carbocycles. The molecule has 1 aliphatic carbocycles. The molecular weight excluding hydrogens is 463 g/mol. The van der Waals surface area contributed by atoms with E-state index >= 15 is 0 Å². The fourth-order valence-corrected chi connectivity index (χ4v) is 9.36. The predicted molar refractivity (Wildman–Crippen MR) is 131 cm³/mol. The third kappa shape index (κ3) is 5.54. The number of halogens is 1. The molecule has 0 saturated heterocycles. The first-order valence-corrected chi connectivity index (χ1v) is 13.4. The highest BCUT2D eigenvalue weighted by Crippen LogP contribution is 2.56. The lowest BCUT2D eigenvalue weighted by atomic mass is 9.94. The Morgan fingerprint density at radius 3 is 1.65 bits per heavy atom. The summed E-state index contributed by atoms with van der Waals surface area (Å²) in [4.78, 5) is 12.6. The summed E-state index contributed by atoms with van der Waals surface area (Å²) in [6, 6.07) is 33.2. The van der Waals surface area contributed by atoms with Crippen LogP contribution < -0.4 is 32.9 Å². The van der Waals surface area contributed by atoms with E-state index < -0.39 is 7.26 Å². The number of rotatable bonds is 7. The van der Waals surface area contributed by atoms with E-state index in [1.165, 1.54) is 28.8 Å². The van der Waals surface area contributed by atoms with Crippen LogP contribution >= 0.6 is 7.26 Å². The topological polar surface area (TPSA) is 17.1 Å². The average molecular weight is 495 g/mol. The van der Waals surface area contributed by atoms with Gasteiger partial charge in [0.05, 0.1) is 6.16 Å². The quantitative estimate of drug-likeness (QED) is 0.364. The summed E-state index contributed by atoms with van der Waals surface area (Å²) >= 11 is 0. The van der Waals surface area contributed by atoms with E-state index in [0.29, 0.717) is 5.78 Å². The van der Waals surface area contributed by atoms with Gasteiger partial charge in [-0.1, -0.05) is 67.4 Å². The Labute approximate surface area is 198 Å². The van der Waals surface area contributed by atoms with Crippen LogP contribution in [0, 0.1) is 5.92 Å². The highest BCUT2D eigenvalue weighted by molar-refractivity contribution is 7.95. The van der Waals surface area contributed by atoms with Crippen molar-refractivity contribution in [2.24, 2.45) is 5.92 Å². The molecule has 0 heterocycles. The molecule has 3 aromatic rings. The Kier molecular flexibility index (Phi) is 9.05. The Bertz CT molecular complexity index is 830. The molecule has 0 aliphatic heterocycles. The summed E-state index contributed by atoms with van der Waals surface area (Å²) in [5.74, 6) is 0.785. The third-order valence-corrected chi connectivity index (χ3v) is 11.1. The highest BCUT2D eigenvalue weighted by Gasteiger charge is 2.44. The number of hydrogen-bond acceptors (Lipinski definition) is 1. The van der Waals surface area contributed by atoms with Gasteiger partial charge in [0.15, 0.2) is 0 Å². The van der Waals surface area contributed by atoms with Crippen LogP contribution in [0.2, 0.25) is 0 Å². The fraction of sp³-hybridized carbons (Fsp3) is 0.321. The number of carbonyl (C=O) groups is 1. The highest BCUT2D eigenvalue weighted by atomic mass is 79.9. The van der Waals surface area contributed by atoms with Gasteiger partial charge in [0.25, 0.3) is 0 Å². The molecule has 0 radical (unpaired) electrons. The normalized spacial score (nSPS) is 16.9. The first-order valence-electron chi connectivity index (χ1n) is 11.4. The second-order valence-electron chi connectivity index (χ2n) is 8.44. The van der Waals surface area contributed by atoms with E-state index in [4.69, 9.17) is 0 Å². The Morgan fingerprint density at radius 2 is 1.16 bits per heavy atom. The average Bonchev–Trinajstić information content (AvgIpc) is 3.02. The van der Waals surface area contributed by atoms with Gasteiger partial charge < -0.3 is 17.0 Å². The molecule has 4 rings (SSSR count). The molecule has 0 spiro atoms. The van der Waals surface area contributed by atoms with E-state index in [1.54, 1.807) is 0 Å². The molecule has 0 aromatic heterocycles. The maximum Gasteiger partial charge on any atom is 0.135 e. The van der Waals surface area contributed by atoms with Crippen molar-refractivity contribution < 1.29 is 21.8 Å². The van der Waals surface area contributed by atoms with Gasteiger partial charge in [-0.25, -0.2) is 0 Å².